The molecule has 0 bridgehead atoms. The number of amides is 3. The lowest BCUT2D eigenvalue weighted by molar-refractivity contribution is -0.121. The zero-order valence-corrected chi connectivity index (χ0v) is 15.5. The molecule has 1 aromatic heterocycles. The first kappa shape index (κ1) is 18.7. The Balaban J connectivity index is 1.50. The largest absolute Gasteiger partial charge is 0.353 e. The molecule has 1 aliphatic heterocycles. The number of hydrogen-bond donors (Lipinski definition) is 2. The number of hydrogen-bond acceptors (Lipinski definition) is 3. The second-order valence-corrected chi connectivity index (χ2v) is 7.37. The molecule has 26 heavy (non-hydrogen) atoms. The lowest BCUT2D eigenvalue weighted by Gasteiger charge is -2.30. The standard InChI is InChI=1S/C20H30N4O2/c25-19(23-17-6-3-4-7-17)11-14-22-20(26)24-15-5-1-2-8-18(24)16-9-12-21-13-10-16/h9-10,12-13,17-18H,1-8,11,14-15H2,(H,22,26)(H,23,25)/t18-/m0/s1. The fourth-order valence-corrected chi connectivity index (χ4v) is 4.04. The van der Waals surface area contributed by atoms with E-state index in [0.29, 0.717) is 19.0 Å². The Bertz CT molecular complexity index is 587. The molecule has 0 unspecified atom stereocenters. The summed E-state index contributed by atoms with van der Waals surface area (Å²) < 4.78 is 0. The van der Waals surface area contributed by atoms with Gasteiger partial charge in [-0.15, -0.1) is 0 Å². The maximum atomic E-state index is 12.7. The van der Waals surface area contributed by atoms with Gasteiger partial charge in [0, 0.05) is 37.9 Å². The van der Waals surface area contributed by atoms with Crippen molar-refractivity contribution in [3.8, 4) is 0 Å². The van der Waals surface area contributed by atoms with Crippen LogP contribution in [0, 0.1) is 0 Å². The van der Waals surface area contributed by atoms with Crippen LogP contribution >= 0.6 is 0 Å². The van der Waals surface area contributed by atoms with Crippen LogP contribution in [0.3, 0.4) is 0 Å². The van der Waals surface area contributed by atoms with E-state index in [2.05, 4.69) is 15.6 Å². The van der Waals surface area contributed by atoms with Gasteiger partial charge in [0.25, 0.3) is 0 Å². The van der Waals surface area contributed by atoms with E-state index in [9.17, 15) is 9.59 Å². The first-order valence-corrected chi connectivity index (χ1v) is 9.98. The van der Waals surface area contributed by atoms with Crippen molar-refractivity contribution in [1.82, 2.24) is 20.5 Å². The minimum absolute atomic E-state index is 0.0405. The molecule has 0 radical (unpaired) electrons. The molecule has 1 aromatic rings. The molecule has 1 atom stereocenters. The predicted octanol–water partition coefficient (Wildman–Crippen LogP) is 3.16. The molecule has 1 saturated carbocycles. The van der Waals surface area contributed by atoms with E-state index in [4.69, 9.17) is 0 Å². The molecule has 6 nitrogen and oxygen atoms in total. The Labute approximate surface area is 155 Å². The zero-order valence-electron chi connectivity index (χ0n) is 15.5. The molecule has 3 rings (SSSR count). The minimum Gasteiger partial charge on any atom is -0.353 e. The molecule has 142 valence electrons. The maximum absolute atomic E-state index is 12.7. The average molecular weight is 358 g/mol. The van der Waals surface area contributed by atoms with Gasteiger partial charge in [0.15, 0.2) is 0 Å². The van der Waals surface area contributed by atoms with Crippen molar-refractivity contribution >= 4 is 11.9 Å². The van der Waals surface area contributed by atoms with Gasteiger partial charge in [-0.2, -0.15) is 0 Å². The van der Waals surface area contributed by atoms with Crippen LogP contribution in [0.15, 0.2) is 24.5 Å². The number of carbonyl (C=O) groups is 2. The van der Waals surface area contributed by atoms with Crippen molar-refractivity contribution in [3.05, 3.63) is 30.1 Å². The number of nitrogens with zero attached hydrogens (tertiary/aromatic N) is 2. The monoisotopic (exact) mass is 358 g/mol. The molecule has 2 fully saturated rings. The topological polar surface area (TPSA) is 74.3 Å². The highest BCUT2D eigenvalue weighted by atomic mass is 16.2. The fraction of sp³-hybridized carbons (Fsp3) is 0.650. The predicted molar refractivity (Wildman–Crippen MR) is 101 cm³/mol. The van der Waals surface area contributed by atoms with Gasteiger partial charge in [-0.3, -0.25) is 9.78 Å². The molecule has 1 aliphatic carbocycles. The van der Waals surface area contributed by atoms with Crippen molar-refractivity contribution in [1.29, 1.82) is 0 Å². The van der Waals surface area contributed by atoms with Gasteiger partial charge in [-0.25, -0.2) is 4.79 Å². The van der Waals surface area contributed by atoms with Gasteiger partial charge in [0.2, 0.25) is 5.91 Å². The molecule has 2 N–H and O–H groups in total. The number of rotatable bonds is 5. The van der Waals surface area contributed by atoms with Gasteiger partial charge < -0.3 is 15.5 Å². The van der Waals surface area contributed by atoms with Crippen molar-refractivity contribution < 1.29 is 9.59 Å². The first-order valence-electron chi connectivity index (χ1n) is 9.98. The Morgan fingerprint density at radius 1 is 1.04 bits per heavy atom. The van der Waals surface area contributed by atoms with Crippen LogP contribution in [-0.2, 0) is 4.79 Å². The molecular formula is C20H30N4O2. The Morgan fingerprint density at radius 3 is 2.54 bits per heavy atom. The molecule has 6 heteroatoms. The Hall–Kier alpha value is -2.11. The minimum atomic E-state index is -0.0672. The van der Waals surface area contributed by atoms with E-state index < -0.39 is 0 Å². The number of aromatic nitrogens is 1. The average Bonchev–Trinajstić information content (AvgIpc) is 3.03. The summed E-state index contributed by atoms with van der Waals surface area (Å²) in [7, 11) is 0. The highest BCUT2D eigenvalue weighted by Crippen LogP contribution is 2.29. The Kier molecular flexibility index (Phi) is 6.86. The number of carbonyl (C=O) groups excluding carboxylic acids is 2. The summed E-state index contributed by atoms with van der Waals surface area (Å²) >= 11 is 0. The van der Waals surface area contributed by atoms with E-state index in [0.717, 1.165) is 50.6 Å². The summed E-state index contributed by atoms with van der Waals surface area (Å²) in [5.74, 6) is 0.0405. The number of urea groups is 1. The zero-order chi connectivity index (χ0) is 18.2. The van der Waals surface area contributed by atoms with Crippen molar-refractivity contribution in [2.45, 2.75) is 69.9 Å². The van der Waals surface area contributed by atoms with E-state index in [1.807, 2.05) is 17.0 Å². The maximum Gasteiger partial charge on any atom is 0.317 e. The van der Waals surface area contributed by atoms with Gasteiger partial charge in [0.05, 0.1) is 6.04 Å². The van der Waals surface area contributed by atoms with Crippen LogP contribution in [0.2, 0.25) is 0 Å². The number of nitrogens with one attached hydrogen (secondary N) is 2. The molecule has 2 aliphatic rings. The van der Waals surface area contributed by atoms with E-state index in [-0.39, 0.29) is 18.0 Å². The second-order valence-electron chi connectivity index (χ2n) is 7.37. The van der Waals surface area contributed by atoms with Crippen LogP contribution in [0.25, 0.3) is 0 Å². The second kappa shape index (κ2) is 9.55. The summed E-state index contributed by atoms with van der Waals surface area (Å²) in [5, 5.41) is 6.01. The van der Waals surface area contributed by atoms with E-state index >= 15 is 0 Å². The van der Waals surface area contributed by atoms with Crippen LogP contribution in [0.4, 0.5) is 4.79 Å². The molecule has 1 saturated heterocycles. The van der Waals surface area contributed by atoms with Crippen molar-refractivity contribution in [2.75, 3.05) is 13.1 Å². The summed E-state index contributed by atoms with van der Waals surface area (Å²) in [6.07, 6.45) is 12.7. The number of pyridine rings is 1. The van der Waals surface area contributed by atoms with Gasteiger partial charge in [0.1, 0.15) is 0 Å². The fourth-order valence-electron chi connectivity index (χ4n) is 4.04. The smallest absolute Gasteiger partial charge is 0.317 e. The summed E-state index contributed by atoms with van der Waals surface area (Å²) in [4.78, 5) is 30.8. The van der Waals surface area contributed by atoms with Crippen LogP contribution in [-0.4, -0.2) is 41.0 Å². The third-order valence-electron chi connectivity index (χ3n) is 5.45. The van der Waals surface area contributed by atoms with Crippen molar-refractivity contribution in [3.63, 3.8) is 0 Å². The summed E-state index contributed by atoms with van der Waals surface area (Å²) in [6, 6.07) is 4.34. The third kappa shape index (κ3) is 5.19. The normalized spacial score (nSPS) is 21.2. The van der Waals surface area contributed by atoms with Crippen LogP contribution in [0.5, 0.6) is 0 Å². The highest BCUT2D eigenvalue weighted by molar-refractivity contribution is 5.78. The van der Waals surface area contributed by atoms with Gasteiger partial charge in [-0.05, 0) is 43.4 Å². The first-order chi connectivity index (χ1) is 12.7. The summed E-state index contributed by atoms with van der Waals surface area (Å²) in [6.45, 7) is 1.14. The quantitative estimate of drug-likeness (QED) is 0.849. The SMILES string of the molecule is O=C(CCNC(=O)N1CCCCC[C@H]1c1ccncc1)NC1CCCC1. The lowest BCUT2D eigenvalue weighted by atomic mass is 10.0. The van der Waals surface area contributed by atoms with E-state index in [1.165, 1.54) is 12.8 Å². The van der Waals surface area contributed by atoms with Crippen molar-refractivity contribution in [2.24, 2.45) is 0 Å². The molecule has 0 aromatic carbocycles. The third-order valence-corrected chi connectivity index (χ3v) is 5.45. The van der Waals surface area contributed by atoms with Gasteiger partial charge >= 0.3 is 6.03 Å². The Morgan fingerprint density at radius 2 is 1.77 bits per heavy atom. The summed E-state index contributed by atoms with van der Waals surface area (Å²) in [5.41, 5.74) is 1.14. The molecular weight excluding hydrogens is 328 g/mol. The highest BCUT2D eigenvalue weighted by Gasteiger charge is 2.26. The number of likely N-dealkylation sites (tertiary alicyclic amines) is 1. The van der Waals surface area contributed by atoms with E-state index in [1.54, 1.807) is 12.4 Å². The molecule has 0 spiro atoms. The molecule has 3 amide bonds. The lowest BCUT2D eigenvalue weighted by Crippen LogP contribution is -2.43. The van der Waals surface area contributed by atoms with Crippen LogP contribution in [0.1, 0.15) is 69.4 Å². The van der Waals surface area contributed by atoms with Crippen LogP contribution < -0.4 is 10.6 Å². The van der Waals surface area contributed by atoms with Gasteiger partial charge in [-0.1, -0.05) is 25.7 Å². The molecule has 2 heterocycles.